The van der Waals surface area contributed by atoms with Gasteiger partial charge >= 0.3 is 0 Å². The number of benzene rings is 1. The lowest BCUT2D eigenvalue weighted by Crippen LogP contribution is -2.46. The molecule has 1 aliphatic heterocycles. The van der Waals surface area contributed by atoms with Crippen molar-refractivity contribution >= 4 is 17.7 Å². The summed E-state index contributed by atoms with van der Waals surface area (Å²) in [6, 6.07) is 8.35. The van der Waals surface area contributed by atoms with E-state index >= 15 is 0 Å². The number of thioether (sulfide) groups is 1. The van der Waals surface area contributed by atoms with Crippen molar-refractivity contribution in [2.45, 2.75) is 30.2 Å². The van der Waals surface area contributed by atoms with E-state index in [-0.39, 0.29) is 11.9 Å². The number of piperidine rings is 1. The van der Waals surface area contributed by atoms with Gasteiger partial charge in [0, 0.05) is 24.0 Å². The molecule has 0 radical (unpaired) electrons. The average molecular weight is 264 g/mol. The summed E-state index contributed by atoms with van der Waals surface area (Å²) < 4.78 is 0. The van der Waals surface area contributed by atoms with Crippen molar-refractivity contribution in [3.63, 3.8) is 0 Å². The Morgan fingerprint density at radius 3 is 2.78 bits per heavy atom. The summed E-state index contributed by atoms with van der Waals surface area (Å²) >= 11 is 1.71. The van der Waals surface area contributed by atoms with Crippen molar-refractivity contribution in [2.75, 3.05) is 19.3 Å². The van der Waals surface area contributed by atoms with Crippen LogP contribution in [0.3, 0.4) is 0 Å². The molecule has 0 bridgehead atoms. The largest absolute Gasteiger partial charge is 0.341 e. The second-order valence-electron chi connectivity index (χ2n) is 4.77. The van der Waals surface area contributed by atoms with Crippen molar-refractivity contribution < 1.29 is 4.79 Å². The SMILES string of the molecule is CSc1ccc(CC(=O)N2CCCC(N)C2)cc1. The number of carbonyl (C=O) groups excluding carboxylic acids is 1. The maximum atomic E-state index is 12.1. The van der Waals surface area contributed by atoms with Gasteiger partial charge in [-0.25, -0.2) is 0 Å². The summed E-state index contributed by atoms with van der Waals surface area (Å²) in [7, 11) is 0. The molecule has 1 heterocycles. The Balaban J connectivity index is 1.93. The molecule has 2 rings (SSSR count). The molecule has 1 aliphatic rings. The quantitative estimate of drug-likeness (QED) is 0.848. The Bertz CT molecular complexity index is 405. The molecule has 1 saturated heterocycles. The van der Waals surface area contributed by atoms with E-state index in [1.807, 2.05) is 17.0 Å². The average Bonchev–Trinajstić information content (AvgIpc) is 2.39. The predicted molar refractivity (Wildman–Crippen MR) is 75.7 cm³/mol. The van der Waals surface area contributed by atoms with Crippen molar-refractivity contribution in [3.8, 4) is 0 Å². The second-order valence-corrected chi connectivity index (χ2v) is 5.65. The van der Waals surface area contributed by atoms with Gasteiger partial charge in [-0.05, 0) is 36.8 Å². The molecule has 0 spiro atoms. The molecule has 98 valence electrons. The van der Waals surface area contributed by atoms with Crippen LogP contribution >= 0.6 is 11.8 Å². The Morgan fingerprint density at radius 1 is 1.44 bits per heavy atom. The number of amides is 1. The number of hydrogen-bond acceptors (Lipinski definition) is 3. The number of carbonyl (C=O) groups is 1. The molecule has 1 aromatic carbocycles. The third-order valence-corrected chi connectivity index (χ3v) is 4.07. The summed E-state index contributed by atoms with van der Waals surface area (Å²) in [5.41, 5.74) is 6.98. The molecule has 1 atom stereocenters. The van der Waals surface area contributed by atoms with E-state index in [0.29, 0.717) is 13.0 Å². The van der Waals surface area contributed by atoms with Crippen LogP contribution in [0, 0.1) is 0 Å². The fraction of sp³-hybridized carbons (Fsp3) is 0.500. The van der Waals surface area contributed by atoms with E-state index in [1.165, 1.54) is 4.90 Å². The molecule has 0 aromatic heterocycles. The normalized spacial score (nSPS) is 19.9. The van der Waals surface area contributed by atoms with Crippen molar-refractivity contribution in [2.24, 2.45) is 5.73 Å². The van der Waals surface area contributed by atoms with Gasteiger partial charge in [-0.2, -0.15) is 0 Å². The molecule has 1 fully saturated rings. The highest BCUT2D eigenvalue weighted by atomic mass is 32.2. The van der Waals surface area contributed by atoms with E-state index in [4.69, 9.17) is 5.73 Å². The first-order chi connectivity index (χ1) is 8.69. The van der Waals surface area contributed by atoms with Gasteiger partial charge in [0.1, 0.15) is 0 Å². The van der Waals surface area contributed by atoms with Gasteiger partial charge in [0.05, 0.1) is 6.42 Å². The van der Waals surface area contributed by atoms with E-state index in [9.17, 15) is 4.79 Å². The van der Waals surface area contributed by atoms with Crippen LogP contribution in [-0.2, 0) is 11.2 Å². The highest BCUT2D eigenvalue weighted by Crippen LogP contribution is 2.16. The number of rotatable bonds is 3. The third kappa shape index (κ3) is 3.50. The summed E-state index contributed by atoms with van der Waals surface area (Å²) in [5.74, 6) is 0.196. The van der Waals surface area contributed by atoms with Gasteiger partial charge in [0.15, 0.2) is 0 Å². The predicted octanol–water partition coefficient (Wildman–Crippen LogP) is 1.90. The third-order valence-electron chi connectivity index (χ3n) is 3.32. The minimum Gasteiger partial charge on any atom is -0.341 e. The molecule has 18 heavy (non-hydrogen) atoms. The lowest BCUT2D eigenvalue weighted by Gasteiger charge is -2.30. The standard InChI is InChI=1S/C14H20N2OS/c1-18-13-6-4-11(5-7-13)9-14(17)16-8-2-3-12(15)10-16/h4-7,12H,2-3,8-10,15H2,1H3. The maximum Gasteiger partial charge on any atom is 0.227 e. The second kappa shape index (κ2) is 6.25. The molecule has 1 aromatic rings. The molecular weight excluding hydrogens is 244 g/mol. The molecular formula is C14H20N2OS. The summed E-state index contributed by atoms with van der Waals surface area (Å²) in [4.78, 5) is 15.3. The molecule has 1 unspecified atom stereocenters. The summed E-state index contributed by atoms with van der Waals surface area (Å²) in [5, 5.41) is 0. The summed E-state index contributed by atoms with van der Waals surface area (Å²) in [6.07, 6.45) is 4.60. The molecule has 0 aliphatic carbocycles. The highest BCUT2D eigenvalue weighted by Gasteiger charge is 2.20. The zero-order chi connectivity index (χ0) is 13.0. The van der Waals surface area contributed by atoms with Crippen LogP contribution in [0.5, 0.6) is 0 Å². The minimum absolute atomic E-state index is 0.154. The van der Waals surface area contributed by atoms with E-state index < -0.39 is 0 Å². The molecule has 1 amide bonds. The van der Waals surface area contributed by atoms with Crippen LogP contribution in [0.15, 0.2) is 29.2 Å². The smallest absolute Gasteiger partial charge is 0.227 e. The Kier molecular flexibility index (Phi) is 4.66. The number of nitrogens with two attached hydrogens (primary N) is 1. The van der Waals surface area contributed by atoms with Crippen LogP contribution in [-0.4, -0.2) is 36.2 Å². The van der Waals surface area contributed by atoms with E-state index in [0.717, 1.165) is 24.9 Å². The minimum atomic E-state index is 0.154. The molecule has 4 heteroatoms. The van der Waals surface area contributed by atoms with Gasteiger partial charge in [-0.15, -0.1) is 11.8 Å². The Hall–Kier alpha value is -1.00. The van der Waals surface area contributed by atoms with Crippen LogP contribution < -0.4 is 5.73 Å². The number of nitrogens with zero attached hydrogens (tertiary/aromatic N) is 1. The molecule has 2 N–H and O–H groups in total. The topological polar surface area (TPSA) is 46.3 Å². The Labute approximate surface area is 113 Å². The molecule has 3 nitrogen and oxygen atoms in total. The van der Waals surface area contributed by atoms with Crippen molar-refractivity contribution in [1.82, 2.24) is 4.90 Å². The van der Waals surface area contributed by atoms with Crippen LogP contribution in [0.4, 0.5) is 0 Å². The lowest BCUT2D eigenvalue weighted by molar-refractivity contribution is -0.131. The maximum absolute atomic E-state index is 12.1. The van der Waals surface area contributed by atoms with Crippen LogP contribution in [0.1, 0.15) is 18.4 Å². The zero-order valence-corrected chi connectivity index (χ0v) is 11.6. The first-order valence-electron chi connectivity index (χ1n) is 6.35. The summed E-state index contributed by atoms with van der Waals surface area (Å²) in [6.45, 7) is 1.57. The van der Waals surface area contributed by atoms with Gasteiger partial charge in [0.2, 0.25) is 5.91 Å². The van der Waals surface area contributed by atoms with Crippen molar-refractivity contribution in [3.05, 3.63) is 29.8 Å². The van der Waals surface area contributed by atoms with E-state index in [1.54, 1.807) is 11.8 Å². The van der Waals surface area contributed by atoms with Crippen molar-refractivity contribution in [1.29, 1.82) is 0 Å². The zero-order valence-electron chi connectivity index (χ0n) is 10.8. The first kappa shape index (κ1) is 13.4. The Morgan fingerprint density at radius 2 is 2.17 bits per heavy atom. The fourth-order valence-corrected chi connectivity index (χ4v) is 2.67. The van der Waals surface area contributed by atoms with Crippen LogP contribution in [0.25, 0.3) is 0 Å². The van der Waals surface area contributed by atoms with Gasteiger partial charge in [-0.1, -0.05) is 12.1 Å². The number of likely N-dealkylation sites (tertiary alicyclic amines) is 1. The van der Waals surface area contributed by atoms with Gasteiger partial charge in [-0.3, -0.25) is 4.79 Å². The van der Waals surface area contributed by atoms with E-state index in [2.05, 4.69) is 18.4 Å². The van der Waals surface area contributed by atoms with Gasteiger partial charge < -0.3 is 10.6 Å². The molecule has 0 saturated carbocycles. The lowest BCUT2D eigenvalue weighted by atomic mass is 10.1. The highest BCUT2D eigenvalue weighted by molar-refractivity contribution is 7.98. The monoisotopic (exact) mass is 264 g/mol. The van der Waals surface area contributed by atoms with Gasteiger partial charge in [0.25, 0.3) is 0 Å². The first-order valence-corrected chi connectivity index (χ1v) is 7.58. The van der Waals surface area contributed by atoms with Crippen LogP contribution in [0.2, 0.25) is 0 Å². The number of hydrogen-bond donors (Lipinski definition) is 1. The fourth-order valence-electron chi connectivity index (χ4n) is 2.27.